The largest absolute Gasteiger partial charge is 0.323 e. The van der Waals surface area contributed by atoms with Gasteiger partial charge in [0.15, 0.2) is 0 Å². The van der Waals surface area contributed by atoms with Gasteiger partial charge in [0.05, 0.1) is 11.7 Å². The van der Waals surface area contributed by atoms with Crippen molar-refractivity contribution in [2.75, 3.05) is 11.9 Å². The van der Waals surface area contributed by atoms with Gasteiger partial charge in [0.1, 0.15) is 17.4 Å². The third-order valence-corrected chi connectivity index (χ3v) is 2.76. The van der Waals surface area contributed by atoms with E-state index >= 15 is 0 Å². The fourth-order valence-electron chi connectivity index (χ4n) is 1.87. The number of benzene rings is 1. The van der Waals surface area contributed by atoms with E-state index in [1.165, 1.54) is 18.2 Å². The van der Waals surface area contributed by atoms with Crippen molar-refractivity contribution < 1.29 is 9.18 Å². The van der Waals surface area contributed by atoms with Gasteiger partial charge in [0.2, 0.25) is 5.91 Å². The monoisotopic (exact) mass is 233 g/mol. The Balaban J connectivity index is 2.16. The number of rotatable bonds is 2. The van der Waals surface area contributed by atoms with Crippen LogP contribution in [-0.2, 0) is 4.79 Å². The highest BCUT2D eigenvalue weighted by molar-refractivity contribution is 5.96. The summed E-state index contributed by atoms with van der Waals surface area (Å²) in [5.74, 6) is -0.839. The van der Waals surface area contributed by atoms with E-state index in [-0.39, 0.29) is 23.2 Å². The van der Waals surface area contributed by atoms with Crippen molar-refractivity contribution in [2.24, 2.45) is 0 Å². The first-order valence-electron chi connectivity index (χ1n) is 5.45. The topological polar surface area (TPSA) is 64.9 Å². The van der Waals surface area contributed by atoms with Crippen molar-refractivity contribution in [2.45, 2.75) is 18.9 Å². The third kappa shape index (κ3) is 2.43. The Hall–Kier alpha value is -1.93. The van der Waals surface area contributed by atoms with Gasteiger partial charge in [-0.2, -0.15) is 5.26 Å². The Morgan fingerprint density at radius 2 is 2.41 bits per heavy atom. The van der Waals surface area contributed by atoms with Crippen LogP contribution in [0.5, 0.6) is 0 Å². The van der Waals surface area contributed by atoms with Gasteiger partial charge in [-0.25, -0.2) is 4.39 Å². The molecule has 0 radical (unpaired) electrons. The molecule has 2 N–H and O–H groups in total. The van der Waals surface area contributed by atoms with Crippen molar-refractivity contribution in [3.05, 3.63) is 29.6 Å². The molecule has 4 nitrogen and oxygen atoms in total. The van der Waals surface area contributed by atoms with Crippen molar-refractivity contribution in [1.82, 2.24) is 5.32 Å². The SMILES string of the molecule is N#Cc1c(F)cccc1NC(=O)[C@@H]1CCCN1. The fraction of sp³-hybridized carbons (Fsp3) is 0.333. The van der Waals surface area contributed by atoms with Crippen LogP contribution in [0.15, 0.2) is 18.2 Å². The number of nitriles is 1. The van der Waals surface area contributed by atoms with E-state index in [1.807, 2.05) is 0 Å². The summed E-state index contributed by atoms with van der Waals surface area (Å²) in [7, 11) is 0. The molecule has 88 valence electrons. The van der Waals surface area contributed by atoms with Gasteiger partial charge in [-0.3, -0.25) is 4.79 Å². The summed E-state index contributed by atoms with van der Waals surface area (Å²) in [4.78, 5) is 11.8. The molecule has 1 amide bonds. The first-order chi connectivity index (χ1) is 8.22. The molecule has 1 aromatic rings. The summed E-state index contributed by atoms with van der Waals surface area (Å²) in [6.45, 7) is 0.812. The molecule has 1 aliphatic rings. The average Bonchev–Trinajstić information content (AvgIpc) is 2.82. The van der Waals surface area contributed by atoms with Gasteiger partial charge in [0.25, 0.3) is 0 Å². The molecule has 0 aliphatic carbocycles. The molecule has 5 heteroatoms. The molecule has 2 rings (SSSR count). The maximum Gasteiger partial charge on any atom is 0.241 e. The zero-order chi connectivity index (χ0) is 12.3. The second kappa shape index (κ2) is 4.93. The standard InChI is InChI=1S/C12H12FN3O/c13-9-3-1-4-10(8(9)7-14)16-12(17)11-5-2-6-15-11/h1,3-4,11,15H,2,5-6H2,(H,16,17)/t11-/m0/s1. The van der Waals surface area contributed by atoms with Crippen LogP contribution >= 0.6 is 0 Å². The first kappa shape index (κ1) is 11.6. The molecule has 1 heterocycles. The van der Waals surface area contributed by atoms with Crippen molar-refractivity contribution in [3.8, 4) is 6.07 Å². The highest BCUT2D eigenvalue weighted by atomic mass is 19.1. The molecular weight excluding hydrogens is 221 g/mol. The van der Waals surface area contributed by atoms with E-state index in [0.29, 0.717) is 0 Å². The van der Waals surface area contributed by atoms with E-state index in [1.54, 1.807) is 6.07 Å². The molecule has 0 aromatic heterocycles. The van der Waals surface area contributed by atoms with E-state index in [2.05, 4.69) is 10.6 Å². The number of hydrogen-bond acceptors (Lipinski definition) is 3. The summed E-state index contributed by atoms with van der Waals surface area (Å²) in [6.07, 6.45) is 1.72. The lowest BCUT2D eigenvalue weighted by atomic mass is 10.1. The zero-order valence-corrected chi connectivity index (χ0v) is 9.16. The minimum Gasteiger partial charge on any atom is -0.323 e. The molecule has 0 unspecified atom stereocenters. The lowest BCUT2D eigenvalue weighted by Crippen LogP contribution is -2.35. The molecule has 0 bridgehead atoms. The number of nitrogens with zero attached hydrogens (tertiary/aromatic N) is 1. The predicted molar refractivity (Wildman–Crippen MR) is 60.8 cm³/mol. The minimum atomic E-state index is -0.621. The van der Waals surface area contributed by atoms with E-state index in [4.69, 9.17) is 5.26 Å². The van der Waals surface area contributed by atoms with E-state index < -0.39 is 5.82 Å². The van der Waals surface area contributed by atoms with Crippen LogP contribution in [0.25, 0.3) is 0 Å². The van der Waals surface area contributed by atoms with Gasteiger partial charge >= 0.3 is 0 Å². The Kier molecular flexibility index (Phi) is 3.35. The molecule has 1 aliphatic heterocycles. The Labute approximate surface area is 98.4 Å². The van der Waals surface area contributed by atoms with Crippen LogP contribution in [0.4, 0.5) is 10.1 Å². The van der Waals surface area contributed by atoms with Gasteiger partial charge in [-0.05, 0) is 31.5 Å². The minimum absolute atomic E-state index is 0.126. The fourth-order valence-corrected chi connectivity index (χ4v) is 1.87. The number of nitrogens with one attached hydrogen (secondary N) is 2. The van der Waals surface area contributed by atoms with Gasteiger partial charge < -0.3 is 10.6 Å². The van der Waals surface area contributed by atoms with Gasteiger partial charge in [-0.1, -0.05) is 6.07 Å². The predicted octanol–water partition coefficient (Wildman–Crippen LogP) is 1.39. The molecule has 1 atom stereocenters. The number of carbonyl (C=O) groups excluding carboxylic acids is 1. The van der Waals surface area contributed by atoms with Gasteiger partial charge in [-0.15, -0.1) is 0 Å². The average molecular weight is 233 g/mol. The quantitative estimate of drug-likeness (QED) is 0.811. The molecule has 1 fully saturated rings. The smallest absolute Gasteiger partial charge is 0.241 e. The molecule has 0 saturated carbocycles. The molecule has 0 spiro atoms. The number of hydrogen-bond donors (Lipinski definition) is 2. The van der Waals surface area contributed by atoms with Crippen LogP contribution in [0.1, 0.15) is 18.4 Å². The first-order valence-corrected chi connectivity index (χ1v) is 5.45. The summed E-state index contributed by atoms with van der Waals surface area (Å²) in [6, 6.07) is 5.69. The summed E-state index contributed by atoms with van der Waals surface area (Å²) >= 11 is 0. The number of anilines is 1. The Morgan fingerprint density at radius 1 is 1.59 bits per heavy atom. The molecule has 1 aromatic carbocycles. The highest BCUT2D eigenvalue weighted by Crippen LogP contribution is 2.18. The normalized spacial score (nSPS) is 18.7. The molecule has 17 heavy (non-hydrogen) atoms. The van der Waals surface area contributed by atoms with Crippen LogP contribution in [0.3, 0.4) is 0 Å². The lowest BCUT2D eigenvalue weighted by Gasteiger charge is -2.12. The Morgan fingerprint density at radius 3 is 3.06 bits per heavy atom. The molecular formula is C12H12FN3O. The summed E-state index contributed by atoms with van der Waals surface area (Å²) in [5, 5.41) is 14.4. The van der Waals surface area contributed by atoms with Crippen molar-refractivity contribution in [1.29, 1.82) is 5.26 Å². The summed E-state index contributed by atoms with van der Waals surface area (Å²) in [5.41, 5.74) is 0.102. The maximum absolute atomic E-state index is 13.3. The van der Waals surface area contributed by atoms with Crippen LogP contribution in [0.2, 0.25) is 0 Å². The van der Waals surface area contributed by atoms with Gasteiger partial charge in [0, 0.05) is 0 Å². The second-order valence-electron chi connectivity index (χ2n) is 3.91. The summed E-state index contributed by atoms with van der Waals surface area (Å²) < 4.78 is 13.3. The number of amides is 1. The Bertz CT molecular complexity index is 475. The number of halogens is 1. The van der Waals surface area contributed by atoms with Crippen LogP contribution < -0.4 is 10.6 Å². The lowest BCUT2D eigenvalue weighted by molar-refractivity contribution is -0.117. The molecule has 1 saturated heterocycles. The van der Waals surface area contributed by atoms with E-state index in [9.17, 15) is 9.18 Å². The van der Waals surface area contributed by atoms with Crippen molar-refractivity contribution in [3.63, 3.8) is 0 Å². The number of carbonyl (C=O) groups is 1. The zero-order valence-electron chi connectivity index (χ0n) is 9.16. The maximum atomic E-state index is 13.3. The van der Waals surface area contributed by atoms with E-state index in [0.717, 1.165) is 19.4 Å². The van der Waals surface area contributed by atoms with Crippen LogP contribution in [0, 0.1) is 17.1 Å². The highest BCUT2D eigenvalue weighted by Gasteiger charge is 2.22. The second-order valence-corrected chi connectivity index (χ2v) is 3.91. The van der Waals surface area contributed by atoms with Crippen LogP contribution in [-0.4, -0.2) is 18.5 Å². The van der Waals surface area contributed by atoms with Crippen molar-refractivity contribution >= 4 is 11.6 Å². The third-order valence-electron chi connectivity index (χ3n) is 2.76.